The molecule has 0 radical (unpaired) electrons. The quantitative estimate of drug-likeness (QED) is 0.634. The second-order valence-corrected chi connectivity index (χ2v) is 5.49. The van der Waals surface area contributed by atoms with Crippen LogP contribution < -0.4 is 10.1 Å². The first-order valence-electron chi connectivity index (χ1n) is 8.09. The number of unbranched alkanes of at least 4 members (excludes halogenated alkanes) is 1. The molecule has 4 heteroatoms. The summed E-state index contributed by atoms with van der Waals surface area (Å²) in [4.78, 5) is 4.57. The Balaban J connectivity index is 2.52. The maximum absolute atomic E-state index is 5.73. The second-order valence-electron chi connectivity index (χ2n) is 5.49. The van der Waals surface area contributed by atoms with Crippen molar-refractivity contribution in [3.8, 4) is 5.88 Å². The van der Waals surface area contributed by atoms with E-state index in [1.54, 1.807) is 0 Å². The average Bonchev–Trinajstić information content (AvgIpc) is 2.48. The Morgan fingerprint density at radius 2 is 1.95 bits per heavy atom. The van der Waals surface area contributed by atoms with Gasteiger partial charge in [0.15, 0.2) is 0 Å². The third-order valence-electron chi connectivity index (χ3n) is 3.17. The summed E-state index contributed by atoms with van der Waals surface area (Å²) >= 11 is 0. The lowest BCUT2D eigenvalue weighted by Gasteiger charge is -2.12. The van der Waals surface area contributed by atoms with Gasteiger partial charge in [-0.1, -0.05) is 34.1 Å². The van der Waals surface area contributed by atoms with Crippen LogP contribution in [0.25, 0.3) is 0 Å². The highest BCUT2D eigenvalue weighted by Gasteiger charge is 2.07. The van der Waals surface area contributed by atoms with Crippen molar-refractivity contribution in [3.05, 3.63) is 23.4 Å². The van der Waals surface area contributed by atoms with Gasteiger partial charge in [-0.25, -0.2) is 4.98 Å². The lowest BCUT2D eigenvalue weighted by Crippen LogP contribution is -2.13. The van der Waals surface area contributed by atoms with Crippen LogP contribution in [-0.2, 0) is 11.3 Å². The number of pyridine rings is 1. The van der Waals surface area contributed by atoms with E-state index in [0.717, 1.165) is 38.2 Å². The van der Waals surface area contributed by atoms with Crippen molar-refractivity contribution in [1.29, 1.82) is 0 Å². The average molecular weight is 294 g/mol. The van der Waals surface area contributed by atoms with Crippen LogP contribution in [0.3, 0.4) is 0 Å². The zero-order valence-electron chi connectivity index (χ0n) is 13.9. The number of rotatable bonds is 11. The number of ether oxygens (including phenoxy) is 2. The summed E-state index contributed by atoms with van der Waals surface area (Å²) in [7, 11) is 0. The van der Waals surface area contributed by atoms with Crippen molar-refractivity contribution in [2.75, 3.05) is 26.4 Å². The molecule has 21 heavy (non-hydrogen) atoms. The Hall–Kier alpha value is -1.13. The molecule has 1 N–H and O–H groups in total. The first kappa shape index (κ1) is 17.9. The predicted octanol–water partition coefficient (Wildman–Crippen LogP) is 3.51. The molecular weight excluding hydrogens is 264 g/mol. The van der Waals surface area contributed by atoms with Crippen molar-refractivity contribution >= 4 is 0 Å². The van der Waals surface area contributed by atoms with Gasteiger partial charge in [-0.15, -0.1) is 0 Å². The molecule has 0 saturated heterocycles. The van der Waals surface area contributed by atoms with Gasteiger partial charge in [-0.3, -0.25) is 0 Å². The number of nitrogens with zero attached hydrogens (tertiary/aromatic N) is 1. The van der Waals surface area contributed by atoms with Crippen molar-refractivity contribution in [2.45, 2.75) is 53.0 Å². The van der Waals surface area contributed by atoms with Gasteiger partial charge in [-0.05, 0) is 30.5 Å². The largest absolute Gasteiger partial charge is 0.475 e. The van der Waals surface area contributed by atoms with Gasteiger partial charge in [0.2, 0.25) is 5.88 Å². The summed E-state index contributed by atoms with van der Waals surface area (Å²) in [5.41, 5.74) is 2.30. The number of hydrogen-bond acceptors (Lipinski definition) is 4. The SMILES string of the molecule is CCCCOCCOc1cc(CNCC)cc(C(C)C)n1. The van der Waals surface area contributed by atoms with Gasteiger partial charge < -0.3 is 14.8 Å². The van der Waals surface area contributed by atoms with Crippen LogP contribution in [0.1, 0.15) is 57.7 Å². The molecule has 1 aromatic heterocycles. The molecule has 1 heterocycles. The van der Waals surface area contributed by atoms with Crippen LogP contribution in [0.2, 0.25) is 0 Å². The standard InChI is InChI=1S/C17H30N2O2/c1-5-7-8-20-9-10-21-17-12-15(13-18-6-2)11-16(19-17)14(3)4/h11-12,14,18H,5-10,13H2,1-4H3. The molecule has 0 unspecified atom stereocenters. The Morgan fingerprint density at radius 1 is 1.14 bits per heavy atom. The first-order valence-corrected chi connectivity index (χ1v) is 8.09. The fourth-order valence-corrected chi connectivity index (χ4v) is 1.88. The topological polar surface area (TPSA) is 43.4 Å². The van der Waals surface area contributed by atoms with E-state index in [1.807, 2.05) is 6.07 Å². The maximum Gasteiger partial charge on any atom is 0.213 e. The van der Waals surface area contributed by atoms with Crippen molar-refractivity contribution in [1.82, 2.24) is 10.3 Å². The van der Waals surface area contributed by atoms with Crippen molar-refractivity contribution in [2.24, 2.45) is 0 Å². The molecule has 1 aromatic rings. The molecule has 0 fully saturated rings. The molecule has 0 atom stereocenters. The summed E-state index contributed by atoms with van der Waals surface area (Å²) < 4.78 is 11.2. The highest BCUT2D eigenvalue weighted by molar-refractivity contribution is 5.26. The van der Waals surface area contributed by atoms with Gasteiger partial charge >= 0.3 is 0 Å². The molecule has 0 saturated carbocycles. The molecule has 0 aliphatic carbocycles. The molecule has 120 valence electrons. The Labute approximate surface area is 129 Å². The number of aromatic nitrogens is 1. The van der Waals surface area contributed by atoms with Crippen LogP contribution in [0.5, 0.6) is 5.88 Å². The van der Waals surface area contributed by atoms with E-state index >= 15 is 0 Å². The molecule has 0 spiro atoms. The number of nitrogens with one attached hydrogen (secondary N) is 1. The lowest BCUT2D eigenvalue weighted by atomic mass is 10.1. The van der Waals surface area contributed by atoms with Crippen LogP contribution in [-0.4, -0.2) is 31.3 Å². The fraction of sp³-hybridized carbons (Fsp3) is 0.706. The van der Waals surface area contributed by atoms with Gasteiger partial charge in [0.1, 0.15) is 6.61 Å². The third-order valence-corrected chi connectivity index (χ3v) is 3.17. The van der Waals surface area contributed by atoms with Gasteiger partial charge in [-0.2, -0.15) is 0 Å². The van der Waals surface area contributed by atoms with Gasteiger partial charge in [0.05, 0.1) is 6.61 Å². The van der Waals surface area contributed by atoms with Crippen LogP contribution in [0.15, 0.2) is 12.1 Å². The minimum absolute atomic E-state index is 0.398. The fourth-order valence-electron chi connectivity index (χ4n) is 1.88. The molecule has 0 bridgehead atoms. The summed E-state index contributed by atoms with van der Waals surface area (Å²) in [6, 6.07) is 4.17. The van der Waals surface area contributed by atoms with E-state index < -0.39 is 0 Å². The molecule has 4 nitrogen and oxygen atoms in total. The molecule has 0 aromatic carbocycles. The van der Waals surface area contributed by atoms with Gasteiger partial charge in [0, 0.05) is 24.9 Å². The third kappa shape index (κ3) is 7.44. The zero-order chi connectivity index (χ0) is 15.5. The molecule has 1 rings (SSSR count). The minimum atomic E-state index is 0.398. The minimum Gasteiger partial charge on any atom is -0.475 e. The van der Waals surface area contributed by atoms with Crippen molar-refractivity contribution in [3.63, 3.8) is 0 Å². The van der Waals surface area contributed by atoms with Gasteiger partial charge in [0.25, 0.3) is 0 Å². The maximum atomic E-state index is 5.73. The monoisotopic (exact) mass is 294 g/mol. The Bertz CT molecular complexity index is 394. The van der Waals surface area contributed by atoms with Crippen LogP contribution in [0, 0.1) is 0 Å². The van der Waals surface area contributed by atoms with E-state index in [2.05, 4.69) is 44.1 Å². The van der Waals surface area contributed by atoms with Crippen LogP contribution >= 0.6 is 0 Å². The molecular formula is C17H30N2O2. The highest BCUT2D eigenvalue weighted by Crippen LogP contribution is 2.19. The summed E-state index contributed by atoms with van der Waals surface area (Å²) in [6.07, 6.45) is 2.26. The first-order chi connectivity index (χ1) is 10.2. The van der Waals surface area contributed by atoms with E-state index in [-0.39, 0.29) is 0 Å². The zero-order valence-corrected chi connectivity index (χ0v) is 13.9. The van der Waals surface area contributed by atoms with E-state index in [9.17, 15) is 0 Å². The lowest BCUT2D eigenvalue weighted by molar-refractivity contribution is 0.0964. The molecule has 0 aliphatic rings. The Morgan fingerprint density at radius 3 is 2.62 bits per heavy atom. The predicted molar refractivity (Wildman–Crippen MR) is 86.9 cm³/mol. The Kier molecular flexibility index (Phi) is 9.02. The molecule has 0 aliphatic heterocycles. The summed E-state index contributed by atoms with van der Waals surface area (Å²) in [6.45, 7) is 12.4. The van der Waals surface area contributed by atoms with Crippen LogP contribution in [0.4, 0.5) is 0 Å². The second kappa shape index (κ2) is 10.6. The molecule has 0 amide bonds. The van der Waals surface area contributed by atoms with E-state index in [1.165, 1.54) is 5.56 Å². The summed E-state index contributed by atoms with van der Waals surface area (Å²) in [5, 5.41) is 3.34. The number of hydrogen-bond donors (Lipinski definition) is 1. The summed E-state index contributed by atoms with van der Waals surface area (Å²) in [5.74, 6) is 1.10. The van der Waals surface area contributed by atoms with E-state index in [4.69, 9.17) is 9.47 Å². The smallest absolute Gasteiger partial charge is 0.213 e. The highest BCUT2D eigenvalue weighted by atomic mass is 16.5. The van der Waals surface area contributed by atoms with E-state index in [0.29, 0.717) is 25.0 Å². The normalized spacial score (nSPS) is 11.1. The van der Waals surface area contributed by atoms with Crippen molar-refractivity contribution < 1.29 is 9.47 Å².